The van der Waals surface area contributed by atoms with Crippen LogP contribution in [0.15, 0.2) is 30.3 Å². The van der Waals surface area contributed by atoms with E-state index in [4.69, 9.17) is 9.47 Å². The van der Waals surface area contributed by atoms with Crippen LogP contribution >= 0.6 is 0 Å². The van der Waals surface area contributed by atoms with Crippen LogP contribution < -0.4 is 4.90 Å². The van der Waals surface area contributed by atoms with Crippen molar-refractivity contribution in [1.29, 1.82) is 0 Å². The van der Waals surface area contributed by atoms with Crippen LogP contribution in [-0.2, 0) is 14.3 Å². The average Bonchev–Trinajstić information content (AvgIpc) is 2.48. The summed E-state index contributed by atoms with van der Waals surface area (Å²) in [5.41, 5.74) is 0.909. The van der Waals surface area contributed by atoms with E-state index in [9.17, 15) is 4.79 Å². The van der Waals surface area contributed by atoms with Crippen LogP contribution in [0, 0.1) is 11.8 Å². The first-order chi connectivity index (χ1) is 9.75. The van der Waals surface area contributed by atoms with E-state index in [1.807, 2.05) is 30.3 Å². The van der Waals surface area contributed by atoms with E-state index in [0.717, 1.165) is 38.4 Å². The zero-order valence-electron chi connectivity index (χ0n) is 11.7. The molecule has 1 fully saturated rings. The Morgan fingerprint density at radius 1 is 1.35 bits per heavy atom. The summed E-state index contributed by atoms with van der Waals surface area (Å²) in [6.07, 6.45) is -0.478. The summed E-state index contributed by atoms with van der Waals surface area (Å²) in [5.74, 6) is 5.89. The van der Waals surface area contributed by atoms with Gasteiger partial charge in [0.25, 0.3) is 0 Å². The minimum Gasteiger partial charge on any atom is -0.444 e. The van der Waals surface area contributed by atoms with Crippen molar-refractivity contribution < 1.29 is 19.2 Å². The van der Waals surface area contributed by atoms with Gasteiger partial charge in [0.15, 0.2) is 6.10 Å². The molecule has 0 aromatic heterocycles. The van der Waals surface area contributed by atoms with Crippen LogP contribution in [0.5, 0.6) is 0 Å². The van der Waals surface area contributed by atoms with Crippen LogP contribution in [0.1, 0.15) is 18.6 Å². The summed E-state index contributed by atoms with van der Waals surface area (Å²) in [4.78, 5) is 12.6. The third kappa shape index (κ3) is 4.69. The van der Waals surface area contributed by atoms with Gasteiger partial charge in [0, 0.05) is 12.5 Å². The summed E-state index contributed by atoms with van der Waals surface area (Å²) >= 11 is 0. The van der Waals surface area contributed by atoms with Gasteiger partial charge < -0.3 is 14.4 Å². The summed E-state index contributed by atoms with van der Waals surface area (Å²) in [5, 5.41) is 0. The van der Waals surface area contributed by atoms with Gasteiger partial charge in [-0.15, -0.1) is 0 Å². The highest BCUT2D eigenvalue weighted by Gasteiger charge is 2.13. The van der Waals surface area contributed by atoms with Crippen molar-refractivity contribution in [3.8, 4) is 11.8 Å². The minimum absolute atomic E-state index is 0.313. The van der Waals surface area contributed by atoms with Crippen molar-refractivity contribution in [2.45, 2.75) is 13.0 Å². The maximum atomic E-state index is 11.2. The van der Waals surface area contributed by atoms with E-state index in [1.165, 1.54) is 11.8 Å². The van der Waals surface area contributed by atoms with Crippen molar-refractivity contribution in [2.24, 2.45) is 0 Å². The number of hydrogen-bond donors (Lipinski definition) is 1. The fraction of sp³-hybridized carbons (Fsp3) is 0.438. The molecular formula is C16H20NO3+. The molecule has 1 heterocycles. The van der Waals surface area contributed by atoms with Gasteiger partial charge in [0.05, 0.1) is 13.2 Å². The second kappa shape index (κ2) is 7.68. The Balaban J connectivity index is 1.99. The number of benzene rings is 1. The van der Waals surface area contributed by atoms with E-state index in [0.29, 0.717) is 0 Å². The molecule has 0 spiro atoms. The van der Waals surface area contributed by atoms with Crippen LogP contribution in [0.4, 0.5) is 0 Å². The second-order valence-electron chi connectivity index (χ2n) is 4.76. The fourth-order valence-corrected chi connectivity index (χ4v) is 2.08. The molecule has 1 aliphatic rings. The van der Waals surface area contributed by atoms with Crippen molar-refractivity contribution in [3.05, 3.63) is 35.9 Å². The highest BCUT2D eigenvalue weighted by Crippen LogP contribution is 2.15. The maximum absolute atomic E-state index is 11.2. The van der Waals surface area contributed by atoms with E-state index in [1.54, 1.807) is 0 Å². The smallest absolute Gasteiger partial charge is 0.304 e. The van der Waals surface area contributed by atoms with Crippen LogP contribution in [0.2, 0.25) is 0 Å². The van der Waals surface area contributed by atoms with Crippen LogP contribution in [0.25, 0.3) is 0 Å². The largest absolute Gasteiger partial charge is 0.444 e. The second-order valence-corrected chi connectivity index (χ2v) is 4.76. The van der Waals surface area contributed by atoms with E-state index < -0.39 is 6.10 Å². The van der Waals surface area contributed by atoms with Gasteiger partial charge in [-0.05, 0) is 11.8 Å². The first-order valence-corrected chi connectivity index (χ1v) is 6.87. The Kier molecular flexibility index (Phi) is 5.60. The number of carbonyl (C=O) groups is 1. The molecule has 1 atom stereocenters. The van der Waals surface area contributed by atoms with Crippen molar-refractivity contribution in [1.82, 2.24) is 0 Å². The SMILES string of the molecule is CC(=O)O[C@@H](C#CC[NH+]1CCOCC1)c1ccccc1. The number of hydrogen-bond acceptors (Lipinski definition) is 3. The molecule has 0 unspecified atom stereocenters. The van der Waals surface area contributed by atoms with Gasteiger partial charge in [-0.2, -0.15) is 0 Å². The number of nitrogens with one attached hydrogen (secondary N) is 1. The quantitative estimate of drug-likeness (QED) is 0.633. The molecule has 1 aromatic rings. The Hall–Kier alpha value is -1.83. The molecule has 1 saturated heterocycles. The summed E-state index contributed by atoms with van der Waals surface area (Å²) in [6, 6.07) is 9.61. The highest BCUT2D eigenvalue weighted by molar-refractivity contribution is 5.66. The number of esters is 1. The molecule has 0 saturated carbocycles. The van der Waals surface area contributed by atoms with E-state index >= 15 is 0 Å². The van der Waals surface area contributed by atoms with Crippen LogP contribution in [0.3, 0.4) is 0 Å². The van der Waals surface area contributed by atoms with Gasteiger partial charge >= 0.3 is 5.97 Å². The standard InChI is InChI=1S/C16H19NO3/c1-14(18)20-16(15-6-3-2-4-7-15)8-5-9-17-10-12-19-13-11-17/h2-4,6-7,16H,9-13H2,1H3/p+1/t16-/m0/s1. The lowest BCUT2D eigenvalue weighted by Gasteiger charge is -2.21. The van der Waals surface area contributed by atoms with Crippen molar-refractivity contribution in [3.63, 3.8) is 0 Å². The summed E-state index contributed by atoms with van der Waals surface area (Å²) < 4.78 is 10.6. The van der Waals surface area contributed by atoms with Gasteiger partial charge in [0.1, 0.15) is 19.6 Å². The molecule has 1 aromatic carbocycles. The molecular weight excluding hydrogens is 254 g/mol. The predicted octanol–water partition coefficient (Wildman–Crippen LogP) is 0.209. The third-order valence-electron chi connectivity index (χ3n) is 3.16. The first-order valence-electron chi connectivity index (χ1n) is 6.87. The summed E-state index contributed by atoms with van der Waals surface area (Å²) in [7, 11) is 0. The van der Waals surface area contributed by atoms with Gasteiger partial charge in [-0.25, -0.2) is 0 Å². The molecule has 1 N–H and O–H groups in total. The number of rotatable bonds is 3. The van der Waals surface area contributed by atoms with Gasteiger partial charge in [-0.1, -0.05) is 30.3 Å². The van der Waals surface area contributed by atoms with Crippen molar-refractivity contribution >= 4 is 5.97 Å². The number of ether oxygens (including phenoxy) is 2. The molecule has 0 amide bonds. The number of morpholine rings is 1. The first kappa shape index (κ1) is 14.6. The van der Waals surface area contributed by atoms with E-state index in [2.05, 4.69) is 11.8 Å². The Morgan fingerprint density at radius 2 is 2.05 bits per heavy atom. The molecule has 0 aliphatic carbocycles. The lowest BCUT2D eigenvalue weighted by molar-refractivity contribution is -0.900. The number of quaternary nitrogens is 1. The Bertz CT molecular complexity index is 483. The Morgan fingerprint density at radius 3 is 2.70 bits per heavy atom. The zero-order chi connectivity index (χ0) is 14.2. The van der Waals surface area contributed by atoms with E-state index in [-0.39, 0.29) is 5.97 Å². The third-order valence-corrected chi connectivity index (χ3v) is 3.16. The Labute approximate surface area is 119 Å². The molecule has 4 nitrogen and oxygen atoms in total. The maximum Gasteiger partial charge on any atom is 0.304 e. The number of carbonyl (C=O) groups excluding carboxylic acids is 1. The molecule has 2 rings (SSSR count). The van der Waals surface area contributed by atoms with Gasteiger partial charge in [0.2, 0.25) is 0 Å². The van der Waals surface area contributed by atoms with Gasteiger partial charge in [-0.3, -0.25) is 4.79 Å². The molecule has 106 valence electrons. The monoisotopic (exact) mass is 274 g/mol. The van der Waals surface area contributed by atoms with Crippen molar-refractivity contribution in [2.75, 3.05) is 32.8 Å². The fourth-order valence-electron chi connectivity index (χ4n) is 2.08. The highest BCUT2D eigenvalue weighted by atomic mass is 16.5. The normalized spacial score (nSPS) is 16.9. The molecule has 1 aliphatic heterocycles. The topological polar surface area (TPSA) is 40.0 Å². The van der Waals surface area contributed by atoms with Crippen LogP contribution in [-0.4, -0.2) is 38.8 Å². The average molecular weight is 274 g/mol. The minimum atomic E-state index is -0.478. The molecule has 0 bridgehead atoms. The zero-order valence-corrected chi connectivity index (χ0v) is 11.7. The predicted molar refractivity (Wildman–Crippen MR) is 75.1 cm³/mol. The molecule has 0 radical (unpaired) electrons. The molecule has 4 heteroatoms. The summed E-state index contributed by atoms with van der Waals surface area (Å²) in [6.45, 7) is 5.72. The lowest BCUT2D eigenvalue weighted by Crippen LogP contribution is -3.14. The molecule has 20 heavy (non-hydrogen) atoms. The lowest BCUT2D eigenvalue weighted by atomic mass is 10.1.